The molecule has 0 amide bonds. The Morgan fingerprint density at radius 2 is 1.89 bits per heavy atom. The smallest absolute Gasteiger partial charge is 0.135 e. The zero-order chi connectivity index (χ0) is 13.8. The zero-order valence-corrected chi connectivity index (χ0v) is 12.6. The third kappa shape index (κ3) is 3.37. The molecule has 0 aliphatic heterocycles. The number of hydrogen-bond acceptors (Lipinski definition) is 4. The highest BCUT2D eigenvalue weighted by Crippen LogP contribution is 2.36. The van der Waals surface area contributed by atoms with Crippen LogP contribution in [0.2, 0.25) is 0 Å². The number of hydrogen-bond donors (Lipinski definition) is 2. The Bertz CT molecular complexity index is 430. The van der Waals surface area contributed by atoms with Crippen molar-refractivity contribution in [2.45, 2.75) is 59.4 Å². The number of rotatable bonds is 7. The van der Waals surface area contributed by atoms with Crippen LogP contribution in [0.4, 0.5) is 11.6 Å². The summed E-state index contributed by atoms with van der Waals surface area (Å²) in [5.74, 6) is 3.78. The molecule has 1 saturated carbocycles. The van der Waals surface area contributed by atoms with Crippen molar-refractivity contribution in [2.24, 2.45) is 5.92 Å². The third-order valence-corrected chi connectivity index (χ3v) is 3.78. The van der Waals surface area contributed by atoms with E-state index in [1.807, 2.05) is 0 Å². The molecule has 4 heteroatoms. The number of nitrogens with one attached hydrogen (secondary N) is 2. The lowest BCUT2D eigenvalue weighted by molar-refractivity contribution is 0.769. The van der Waals surface area contributed by atoms with Gasteiger partial charge in [-0.25, -0.2) is 9.97 Å². The highest BCUT2D eigenvalue weighted by molar-refractivity contribution is 5.58. The van der Waals surface area contributed by atoms with Gasteiger partial charge in [-0.2, -0.15) is 0 Å². The Kier molecular flexibility index (Phi) is 4.61. The average molecular weight is 262 g/mol. The summed E-state index contributed by atoms with van der Waals surface area (Å²) in [6.07, 6.45) is 4.55. The molecule has 0 bridgehead atoms. The minimum absolute atomic E-state index is 0.613. The number of aryl methyl sites for hydroxylation is 1. The lowest BCUT2D eigenvalue weighted by Gasteiger charge is -2.14. The van der Waals surface area contributed by atoms with E-state index in [-0.39, 0.29) is 0 Å². The van der Waals surface area contributed by atoms with E-state index in [0.717, 1.165) is 48.3 Å². The Hall–Kier alpha value is -1.32. The molecule has 2 atom stereocenters. The van der Waals surface area contributed by atoms with E-state index in [4.69, 9.17) is 4.98 Å². The van der Waals surface area contributed by atoms with E-state index >= 15 is 0 Å². The first-order valence-corrected chi connectivity index (χ1v) is 7.57. The molecule has 2 unspecified atom stereocenters. The fraction of sp³-hybridized carbons (Fsp3) is 0.733. The maximum Gasteiger partial charge on any atom is 0.135 e. The van der Waals surface area contributed by atoms with Crippen LogP contribution < -0.4 is 10.6 Å². The first-order valence-electron chi connectivity index (χ1n) is 7.57. The van der Waals surface area contributed by atoms with Crippen LogP contribution in [0.5, 0.6) is 0 Å². The van der Waals surface area contributed by atoms with Gasteiger partial charge in [0.25, 0.3) is 0 Å². The van der Waals surface area contributed by atoms with Crippen molar-refractivity contribution in [1.82, 2.24) is 9.97 Å². The molecule has 0 spiro atoms. The second-order valence-corrected chi connectivity index (χ2v) is 5.40. The largest absolute Gasteiger partial charge is 0.370 e. The Morgan fingerprint density at radius 1 is 1.16 bits per heavy atom. The van der Waals surface area contributed by atoms with Crippen molar-refractivity contribution in [3.8, 4) is 0 Å². The van der Waals surface area contributed by atoms with E-state index in [2.05, 4.69) is 43.3 Å². The molecule has 1 fully saturated rings. The molecule has 1 aromatic heterocycles. The monoisotopic (exact) mass is 262 g/mol. The van der Waals surface area contributed by atoms with E-state index in [1.54, 1.807) is 0 Å². The predicted octanol–water partition coefficient (Wildman–Crippen LogP) is 3.38. The molecular formula is C15H26N4. The molecule has 2 N–H and O–H groups in total. The van der Waals surface area contributed by atoms with E-state index < -0.39 is 0 Å². The Balaban J connectivity index is 2.19. The molecule has 1 aromatic rings. The van der Waals surface area contributed by atoms with Crippen LogP contribution in [0.15, 0.2) is 0 Å². The lowest BCUT2D eigenvalue weighted by atomic mass is 10.2. The zero-order valence-electron chi connectivity index (χ0n) is 12.6. The van der Waals surface area contributed by atoms with Gasteiger partial charge in [0.15, 0.2) is 0 Å². The van der Waals surface area contributed by atoms with Crippen molar-refractivity contribution in [1.29, 1.82) is 0 Å². The molecule has 106 valence electrons. The first-order chi connectivity index (χ1) is 9.19. The van der Waals surface area contributed by atoms with Gasteiger partial charge in [-0.1, -0.05) is 20.3 Å². The van der Waals surface area contributed by atoms with Gasteiger partial charge in [0.1, 0.15) is 17.5 Å². The minimum Gasteiger partial charge on any atom is -0.370 e. The van der Waals surface area contributed by atoms with Gasteiger partial charge in [0, 0.05) is 24.6 Å². The number of nitrogens with zero attached hydrogens (tertiary/aromatic N) is 2. The second kappa shape index (κ2) is 6.22. The molecule has 4 nitrogen and oxygen atoms in total. The van der Waals surface area contributed by atoms with Crippen molar-refractivity contribution in [2.75, 3.05) is 17.2 Å². The van der Waals surface area contributed by atoms with Crippen LogP contribution in [-0.4, -0.2) is 22.6 Å². The van der Waals surface area contributed by atoms with E-state index in [0.29, 0.717) is 6.04 Å². The molecule has 1 aliphatic rings. The molecule has 2 rings (SSSR count). The van der Waals surface area contributed by atoms with Gasteiger partial charge in [-0.3, -0.25) is 0 Å². The Morgan fingerprint density at radius 3 is 2.47 bits per heavy atom. The summed E-state index contributed by atoms with van der Waals surface area (Å²) in [6, 6.07) is 0.613. The second-order valence-electron chi connectivity index (χ2n) is 5.40. The minimum atomic E-state index is 0.613. The van der Waals surface area contributed by atoms with Gasteiger partial charge >= 0.3 is 0 Å². The SMILES string of the molecule is CCCc1nc(NCC)c(C)c(NC2CC2CC)n1. The maximum atomic E-state index is 4.69. The number of aromatic nitrogens is 2. The molecule has 1 heterocycles. The molecule has 19 heavy (non-hydrogen) atoms. The lowest BCUT2D eigenvalue weighted by Crippen LogP contribution is -2.13. The molecule has 1 aliphatic carbocycles. The topological polar surface area (TPSA) is 49.8 Å². The molecule has 0 radical (unpaired) electrons. The van der Waals surface area contributed by atoms with Crippen LogP contribution in [0.25, 0.3) is 0 Å². The van der Waals surface area contributed by atoms with Crippen LogP contribution in [0.3, 0.4) is 0 Å². The van der Waals surface area contributed by atoms with E-state index in [9.17, 15) is 0 Å². The van der Waals surface area contributed by atoms with E-state index in [1.165, 1.54) is 12.8 Å². The summed E-state index contributed by atoms with van der Waals surface area (Å²) in [4.78, 5) is 9.31. The van der Waals surface area contributed by atoms with Crippen molar-refractivity contribution < 1.29 is 0 Å². The predicted molar refractivity (Wildman–Crippen MR) is 80.7 cm³/mol. The maximum absolute atomic E-state index is 4.69. The van der Waals surface area contributed by atoms with Crippen molar-refractivity contribution in [3.05, 3.63) is 11.4 Å². The quantitative estimate of drug-likeness (QED) is 0.791. The van der Waals surface area contributed by atoms with Crippen LogP contribution >= 0.6 is 0 Å². The summed E-state index contributed by atoms with van der Waals surface area (Å²) in [5.41, 5.74) is 1.14. The standard InChI is InChI=1S/C15H26N4/c1-5-8-13-18-14(16-7-3)10(4)15(19-13)17-12-9-11(12)6-2/h11-12H,5-9H2,1-4H3,(H2,16,17,18,19). The van der Waals surface area contributed by atoms with Crippen molar-refractivity contribution in [3.63, 3.8) is 0 Å². The summed E-state index contributed by atoms with van der Waals surface area (Å²) in [5, 5.41) is 6.93. The number of anilines is 2. The Labute approximate surface area is 116 Å². The fourth-order valence-corrected chi connectivity index (χ4v) is 2.43. The van der Waals surface area contributed by atoms with Gasteiger partial charge < -0.3 is 10.6 Å². The van der Waals surface area contributed by atoms with Gasteiger partial charge in [0.2, 0.25) is 0 Å². The molecular weight excluding hydrogens is 236 g/mol. The van der Waals surface area contributed by atoms with Gasteiger partial charge in [-0.15, -0.1) is 0 Å². The summed E-state index contributed by atoms with van der Waals surface area (Å²) in [6.45, 7) is 9.51. The highest BCUT2D eigenvalue weighted by Gasteiger charge is 2.35. The summed E-state index contributed by atoms with van der Waals surface area (Å²) >= 11 is 0. The van der Waals surface area contributed by atoms with Crippen LogP contribution in [0.1, 0.15) is 51.4 Å². The summed E-state index contributed by atoms with van der Waals surface area (Å²) in [7, 11) is 0. The fourth-order valence-electron chi connectivity index (χ4n) is 2.43. The molecule has 0 aromatic carbocycles. The average Bonchev–Trinajstić information content (AvgIpc) is 3.14. The molecule has 0 saturated heterocycles. The first kappa shape index (κ1) is 14.1. The van der Waals surface area contributed by atoms with Crippen LogP contribution in [-0.2, 0) is 6.42 Å². The van der Waals surface area contributed by atoms with Crippen molar-refractivity contribution >= 4 is 11.6 Å². The normalized spacial score (nSPS) is 21.3. The highest BCUT2D eigenvalue weighted by atomic mass is 15.1. The van der Waals surface area contributed by atoms with Crippen LogP contribution in [0, 0.1) is 12.8 Å². The van der Waals surface area contributed by atoms with Gasteiger partial charge in [0.05, 0.1) is 0 Å². The van der Waals surface area contributed by atoms with Gasteiger partial charge in [-0.05, 0) is 32.6 Å². The summed E-state index contributed by atoms with van der Waals surface area (Å²) < 4.78 is 0. The third-order valence-electron chi connectivity index (χ3n) is 3.78.